The average molecular weight is 222 g/mol. The number of pyridine rings is 1. The third-order valence-electron chi connectivity index (χ3n) is 2.96. The second-order valence-electron chi connectivity index (χ2n) is 4.45. The van der Waals surface area contributed by atoms with Crippen LogP contribution in [-0.4, -0.2) is 9.38 Å². The maximum Gasteiger partial charge on any atom is 0.144 e. The highest BCUT2D eigenvalue weighted by molar-refractivity contribution is 5.63. The summed E-state index contributed by atoms with van der Waals surface area (Å²) in [6, 6.07) is 12.7. The van der Waals surface area contributed by atoms with Crippen LogP contribution in [0.2, 0.25) is 0 Å². The molecule has 84 valence electrons. The number of nitrogens with zero attached hydrogens (tertiary/aromatic N) is 2. The quantitative estimate of drug-likeness (QED) is 0.614. The summed E-state index contributed by atoms with van der Waals surface area (Å²) in [6.07, 6.45) is 4.00. The highest BCUT2D eigenvalue weighted by Crippen LogP contribution is 2.21. The van der Waals surface area contributed by atoms with Crippen molar-refractivity contribution in [2.45, 2.75) is 13.8 Å². The lowest BCUT2D eigenvalue weighted by molar-refractivity contribution is 1.15. The SMILES string of the molecule is Cc1cccc(-c2ncc3cc(C)ccn23)c1. The molecule has 2 aromatic heterocycles. The van der Waals surface area contributed by atoms with Crippen LogP contribution in [0.25, 0.3) is 16.9 Å². The van der Waals surface area contributed by atoms with Gasteiger partial charge in [-0.3, -0.25) is 4.40 Å². The molecule has 0 aliphatic carbocycles. The van der Waals surface area contributed by atoms with Gasteiger partial charge in [0.05, 0.1) is 11.7 Å². The molecule has 0 unspecified atom stereocenters. The molecule has 3 rings (SSSR count). The second kappa shape index (κ2) is 3.74. The lowest BCUT2D eigenvalue weighted by Crippen LogP contribution is -1.89. The predicted molar refractivity (Wildman–Crippen MR) is 70.1 cm³/mol. The number of hydrogen-bond acceptors (Lipinski definition) is 1. The molecule has 0 aliphatic heterocycles. The molecule has 2 heterocycles. The van der Waals surface area contributed by atoms with Crippen molar-refractivity contribution in [3.05, 3.63) is 59.9 Å². The molecule has 0 spiro atoms. The van der Waals surface area contributed by atoms with Gasteiger partial charge in [-0.15, -0.1) is 0 Å². The molecule has 0 amide bonds. The number of aromatic nitrogens is 2. The van der Waals surface area contributed by atoms with Crippen LogP contribution in [0, 0.1) is 13.8 Å². The van der Waals surface area contributed by atoms with Gasteiger partial charge in [-0.25, -0.2) is 4.98 Å². The fourth-order valence-corrected chi connectivity index (χ4v) is 2.11. The summed E-state index contributed by atoms with van der Waals surface area (Å²) in [7, 11) is 0. The first kappa shape index (κ1) is 10.1. The molecule has 1 aromatic carbocycles. The molecular formula is C15H14N2. The van der Waals surface area contributed by atoms with E-state index in [0.29, 0.717) is 0 Å². The Hall–Kier alpha value is -2.09. The summed E-state index contributed by atoms with van der Waals surface area (Å²) >= 11 is 0. The highest BCUT2D eigenvalue weighted by atomic mass is 15.0. The normalized spacial score (nSPS) is 10.9. The molecule has 0 bridgehead atoms. The van der Waals surface area contributed by atoms with Gasteiger partial charge in [0.25, 0.3) is 0 Å². The van der Waals surface area contributed by atoms with Gasteiger partial charge in [-0.2, -0.15) is 0 Å². The van der Waals surface area contributed by atoms with Crippen molar-refractivity contribution < 1.29 is 0 Å². The van der Waals surface area contributed by atoms with Gasteiger partial charge in [0.15, 0.2) is 0 Å². The lowest BCUT2D eigenvalue weighted by atomic mass is 10.1. The van der Waals surface area contributed by atoms with E-state index in [1.54, 1.807) is 0 Å². The molecule has 3 aromatic rings. The highest BCUT2D eigenvalue weighted by Gasteiger charge is 2.05. The van der Waals surface area contributed by atoms with Gasteiger partial charge in [0.2, 0.25) is 0 Å². The number of hydrogen-bond donors (Lipinski definition) is 0. The summed E-state index contributed by atoms with van der Waals surface area (Å²) in [4.78, 5) is 4.51. The van der Waals surface area contributed by atoms with Crippen LogP contribution in [-0.2, 0) is 0 Å². The van der Waals surface area contributed by atoms with E-state index in [0.717, 1.165) is 16.9 Å². The number of imidazole rings is 1. The molecule has 2 heteroatoms. The zero-order chi connectivity index (χ0) is 11.8. The van der Waals surface area contributed by atoms with Gasteiger partial charge in [-0.1, -0.05) is 23.8 Å². The molecule has 0 saturated carbocycles. The Balaban J connectivity index is 2.24. The Bertz CT molecular complexity index is 680. The monoisotopic (exact) mass is 222 g/mol. The van der Waals surface area contributed by atoms with Crippen molar-refractivity contribution in [1.82, 2.24) is 9.38 Å². The van der Waals surface area contributed by atoms with Crippen LogP contribution in [0.3, 0.4) is 0 Å². The van der Waals surface area contributed by atoms with E-state index in [2.05, 4.69) is 65.8 Å². The van der Waals surface area contributed by atoms with Crippen LogP contribution < -0.4 is 0 Å². The van der Waals surface area contributed by atoms with Gasteiger partial charge >= 0.3 is 0 Å². The van der Waals surface area contributed by atoms with Crippen LogP contribution >= 0.6 is 0 Å². The predicted octanol–water partition coefficient (Wildman–Crippen LogP) is 3.62. The molecule has 0 radical (unpaired) electrons. The standard InChI is InChI=1S/C15H14N2/c1-11-4-3-5-13(8-11)15-16-10-14-9-12(2)6-7-17(14)15/h3-10H,1-2H3. The van der Waals surface area contributed by atoms with Gasteiger partial charge in [0.1, 0.15) is 5.82 Å². The lowest BCUT2D eigenvalue weighted by Gasteiger charge is -2.03. The van der Waals surface area contributed by atoms with Crippen LogP contribution in [0.15, 0.2) is 48.8 Å². The first-order valence-electron chi connectivity index (χ1n) is 5.75. The minimum Gasteiger partial charge on any atom is -0.300 e. The van der Waals surface area contributed by atoms with Crippen molar-refractivity contribution in [2.24, 2.45) is 0 Å². The molecule has 0 fully saturated rings. The Morgan fingerprint density at radius 2 is 1.82 bits per heavy atom. The number of rotatable bonds is 1. The first-order chi connectivity index (χ1) is 8.24. The average Bonchev–Trinajstić information content (AvgIpc) is 2.71. The van der Waals surface area contributed by atoms with Gasteiger partial charge in [-0.05, 0) is 37.6 Å². The van der Waals surface area contributed by atoms with Gasteiger partial charge < -0.3 is 0 Å². The third kappa shape index (κ3) is 1.72. The van der Waals surface area contributed by atoms with Crippen molar-refractivity contribution in [3.63, 3.8) is 0 Å². The summed E-state index contributed by atoms with van der Waals surface area (Å²) in [6.45, 7) is 4.20. The topological polar surface area (TPSA) is 17.3 Å². The van der Waals surface area contributed by atoms with E-state index in [1.807, 2.05) is 6.20 Å². The van der Waals surface area contributed by atoms with Crippen LogP contribution in [0.5, 0.6) is 0 Å². The Labute approximate surface area is 101 Å². The number of aryl methyl sites for hydroxylation is 2. The zero-order valence-electron chi connectivity index (χ0n) is 10.0. The molecular weight excluding hydrogens is 208 g/mol. The molecule has 2 nitrogen and oxygen atoms in total. The Kier molecular flexibility index (Phi) is 2.22. The largest absolute Gasteiger partial charge is 0.300 e. The summed E-state index contributed by atoms with van der Waals surface area (Å²) in [5, 5.41) is 0. The maximum absolute atomic E-state index is 4.51. The first-order valence-corrected chi connectivity index (χ1v) is 5.75. The van der Waals surface area contributed by atoms with Crippen LogP contribution in [0.4, 0.5) is 0 Å². The minimum atomic E-state index is 1.00. The van der Waals surface area contributed by atoms with Crippen molar-refractivity contribution in [1.29, 1.82) is 0 Å². The zero-order valence-corrected chi connectivity index (χ0v) is 10.0. The maximum atomic E-state index is 4.51. The summed E-state index contributed by atoms with van der Waals surface area (Å²) < 4.78 is 2.13. The second-order valence-corrected chi connectivity index (χ2v) is 4.45. The van der Waals surface area contributed by atoms with Gasteiger partial charge in [0, 0.05) is 11.8 Å². The Morgan fingerprint density at radius 3 is 2.65 bits per heavy atom. The number of fused-ring (bicyclic) bond motifs is 1. The van der Waals surface area contributed by atoms with Crippen molar-refractivity contribution in [3.8, 4) is 11.4 Å². The molecule has 0 aliphatic rings. The fraction of sp³-hybridized carbons (Fsp3) is 0.133. The minimum absolute atomic E-state index is 1.00. The van der Waals surface area contributed by atoms with Crippen molar-refractivity contribution in [2.75, 3.05) is 0 Å². The van der Waals surface area contributed by atoms with E-state index >= 15 is 0 Å². The van der Waals surface area contributed by atoms with E-state index in [9.17, 15) is 0 Å². The molecule has 17 heavy (non-hydrogen) atoms. The van der Waals surface area contributed by atoms with Crippen LogP contribution in [0.1, 0.15) is 11.1 Å². The van der Waals surface area contributed by atoms with E-state index in [-0.39, 0.29) is 0 Å². The Morgan fingerprint density at radius 1 is 1.00 bits per heavy atom. The molecule has 0 saturated heterocycles. The fourth-order valence-electron chi connectivity index (χ4n) is 2.11. The summed E-state index contributed by atoms with van der Waals surface area (Å²) in [5.74, 6) is 1.00. The molecule has 0 N–H and O–H groups in total. The number of benzene rings is 1. The third-order valence-corrected chi connectivity index (χ3v) is 2.96. The molecule has 0 atom stereocenters. The summed E-state index contributed by atoms with van der Waals surface area (Å²) in [5.41, 5.74) is 4.81. The van der Waals surface area contributed by atoms with Crippen molar-refractivity contribution >= 4 is 5.52 Å². The van der Waals surface area contributed by atoms with E-state index in [4.69, 9.17) is 0 Å². The van der Waals surface area contributed by atoms with E-state index < -0.39 is 0 Å². The smallest absolute Gasteiger partial charge is 0.144 e. The van der Waals surface area contributed by atoms with E-state index in [1.165, 1.54) is 11.1 Å².